The largest absolute Gasteiger partial charge is 0.379 e. The van der Waals surface area contributed by atoms with Gasteiger partial charge >= 0.3 is 0 Å². The van der Waals surface area contributed by atoms with Crippen molar-refractivity contribution in [2.75, 3.05) is 0 Å². The second-order valence-corrected chi connectivity index (χ2v) is 10.9. The van der Waals surface area contributed by atoms with E-state index in [0.717, 1.165) is 27.8 Å². The van der Waals surface area contributed by atoms with E-state index >= 15 is 0 Å². The Bertz CT molecular complexity index is 1870. The fraction of sp³-hybridized carbons (Fsp3) is 0.108. The van der Waals surface area contributed by atoms with Crippen LogP contribution in [0.5, 0.6) is 0 Å². The number of hydrogen-bond acceptors (Lipinski definition) is 2. The molecule has 200 valence electrons. The lowest BCUT2D eigenvalue weighted by Crippen LogP contribution is -2.37. The van der Waals surface area contributed by atoms with Gasteiger partial charge in [-0.3, -0.25) is 0 Å². The molecule has 0 saturated carbocycles. The molecular weight excluding hydrogens is 502 g/mol. The van der Waals surface area contributed by atoms with Gasteiger partial charge in [-0.25, -0.2) is 4.98 Å². The molecule has 0 fully saturated rings. The summed E-state index contributed by atoms with van der Waals surface area (Å²) in [5.74, 6) is 0. The van der Waals surface area contributed by atoms with Crippen LogP contribution in [-0.2, 0) is 18.2 Å². The number of imidazole rings is 1. The highest BCUT2D eigenvalue weighted by Gasteiger charge is 2.40. The second kappa shape index (κ2) is 9.61. The van der Waals surface area contributed by atoms with Crippen molar-refractivity contribution in [3.8, 4) is 0 Å². The summed E-state index contributed by atoms with van der Waals surface area (Å²) in [6.07, 6.45) is 3.85. The van der Waals surface area contributed by atoms with Gasteiger partial charge in [0.15, 0.2) is 0 Å². The third-order valence-electron chi connectivity index (χ3n) is 8.52. The summed E-state index contributed by atoms with van der Waals surface area (Å²) < 4.78 is 4.33. The van der Waals surface area contributed by atoms with Crippen molar-refractivity contribution < 1.29 is 5.11 Å². The van der Waals surface area contributed by atoms with E-state index in [4.69, 9.17) is 4.98 Å². The minimum absolute atomic E-state index is 0.586. The van der Waals surface area contributed by atoms with Gasteiger partial charge in [0.05, 0.1) is 12.0 Å². The zero-order valence-electron chi connectivity index (χ0n) is 23.1. The number of benzene rings is 5. The lowest BCUT2D eigenvalue weighted by atomic mass is 9.76. The standard InChI is InChI=1S/C37H31N3O/c1-36(41,30-22-23-32-31-20-12-13-21-33(31)39(2)34(32)24-30)35-25-40(26-38-35)37(27-14-6-3-7-15-27,28-16-8-4-9-17-28)29-18-10-5-11-19-29/h3-26,41H,1-2H3. The van der Waals surface area contributed by atoms with Crippen molar-refractivity contribution in [2.45, 2.75) is 18.1 Å². The summed E-state index contributed by atoms with van der Waals surface area (Å²) >= 11 is 0. The smallest absolute Gasteiger partial charge is 0.130 e. The Kier molecular flexibility index (Phi) is 5.88. The highest BCUT2D eigenvalue weighted by Crippen LogP contribution is 2.42. The zero-order valence-corrected chi connectivity index (χ0v) is 23.1. The highest BCUT2D eigenvalue weighted by atomic mass is 16.3. The molecule has 0 aliphatic heterocycles. The summed E-state index contributed by atoms with van der Waals surface area (Å²) in [5.41, 5.74) is 4.95. The lowest BCUT2D eigenvalue weighted by molar-refractivity contribution is 0.0978. The van der Waals surface area contributed by atoms with E-state index in [2.05, 4.69) is 125 Å². The number of aromatic nitrogens is 3. The van der Waals surface area contributed by atoms with Gasteiger partial charge in [0.1, 0.15) is 11.1 Å². The molecule has 7 aromatic rings. The maximum Gasteiger partial charge on any atom is 0.130 e. The van der Waals surface area contributed by atoms with E-state index in [1.54, 1.807) is 0 Å². The molecule has 0 saturated heterocycles. The summed E-state index contributed by atoms with van der Waals surface area (Å²) in [6, 6.07) is 46.1. The Labute approximate surface area is 239 Å². The molecule has 4 nitrogen and oxygen atoms in total. The van der Waals surface area contributed by atoms with E-state index in [1.165, 1.54) is 16.3 Å². The average molecular weight is 534 g/mol. The zero-order chi connectivity index (χ0) is 28.0. The third kappa shape index (κ3) is 3.83. The van der Waals surface area contributed by atoms with Crippen LogP contribution in [0, 0.1) is 0 Å². The van der Waals surface area contributed by atoms with Crippen LogP contribution in [0.2, 0.25) is 0 Å². The molecule has 0 amide bonds. The minimum Gasteiger partial charge on any atom is -0.379 e. The molecule has 1 unspecified atom stereocenters. The molecule has 0 aliphatic rings. The lowest BCUT2D eigenvalue weighted by Gasteiger charge is -2.37. The van der Waals surface area contributed by atoms with Crippen LogP contribution in [0.25, 0.3) is 21.8 Å². The average Bonchev–Trinajstić information content (AvgIpc) is 3.64. The van der Waals surface area contributed by atoms with E-state index in [9.17, 15) is 5.11 Å². The number of aryl methyl sites for hydroxylation is 1. The van der Waals surface area contributed by atoms with Gasteiger partial charge in [0, 0.05) is 35.1 Å². The monoisotopic (exact) mass is 533 g/mol. The molecule has 0 aliphatic carbocycles. The van der Waals surface area contributed by atoms with Gasteiger partial charge in [-0.2, -0.15) is 0 Å². The van der Waals surface area contributed by atoms with Crippen molar-refractivity contribution in [1.82, 2.24) is 14.1 Å². The first-order valence-corrected chi connectivity index (χ1v) is 13.9. The molecule has 4 heteroatoms. The quantitative estimate of drug-likeness (QED) is 0.223. The van der Waals surface area contributed by atoms with Crippen LogP contribution in [-0.4, -0.2) is 19.2 Å². The van der Waals surface area contributed by atoms with Gasteiger partial charge in [-0.15, -0.1) is 0 Å². The fourth-order valence-electron chi connectivity index (χ4n) is 6.35. The number of aliphatic hydroxyl groups is 1. The Hall–Kier alpha value is -4.93. The highest BCUT2D eigenvalue weighted by molar-refractivity contribution is 6.08. The van der Waals surface area contributed by atoms with Crippen molar-refractivity contribution in [1.29, 1.82) is 0 Å². The second-order valence-electron chi connectivity index (χ2n) is 10.9. The molecule has 0 spiro atoms. The first-order valence-electron chi connectivity index (χ1n) is 13.9. The topological polar surface area (TPSA) is 43.0 Å². The minimum atomic E-state index is -1.31. The SMILES string of the molecule is Cn1c2ccccc2c2ccc(C(C)(O)c3cn(C(c4ccccc4)(c4ccccc4)c4ccccc4)cn3)cc21. The first-order chi connectivity index (χ1) is 20.0. The van der Waals surface area contributed by atoms with E-state index < -0.39 is 11.1 Å². The molecule has 0 bridgehead atoms. The van der Waals surface area contributed by atoms with Crippen molar-refractivity contribution >= 4 is 21.8 Å². The van der Waals surface area contributed by atoms with Crippen LogP contribution in [0.3, 0.4) is 0 Å². The predicted molar refractivity (Wildman–Crippen MR) is 166 cm³/mol. The maximum atomic E-state index is 12.1. The Balaban J connectivity index is 1.42. The molecule has 0 radical (unpaired) electrons. The number of hydrogen-bond donors (Lipinski definition) is 1. The summed E-state index contributed by atoms with van der Waals surface area (Å²) in [6.45, 7) is 1.83. The molecule has 5 aromatic carbocycles. The van der Waals surface area contributed by atoms with Gasteiger partial charge < -0.3 is 14.2 Å². The molecule has 7 rings (SSSR count). The number of rotatable bonds is 6. The van der Waals surface area contributed by atoms with Crippen LogP contribution < -0.4 is 0 Å². The van der Waals surface area contributed by atoms with Gasteiger partial charge in [0.25, 0.3) is 0 Å². The predicted octanol–water partition coefficient (Wildman–Crippen LogP) is 7.62. The normalized spacial score (nSPS) is 13.4. The van der Waals surface area contributed by atoms with E-state index in [0.29, 0.717) is 5.69 Å². The number of nitrogens with zero attached hydrogens (tertiary/aromatic N) is 3. The third-order valence-corrected chi connectivity index (χ3v) is 8.52. The summed E-state index contributed by atoms with van der Waals surface area (Å²) in [7, 11) is 2.08. The van der Waals surface area contributed by atoms with Crippen molar-refractivity contribution in [3.05, 3.63) is 174 Å². The summed E-state index contributed by atoms with van der Waals surface area (Å²) in [5, 5.41) is 14.5. The first kappa shape index (κ1) is 25.1. The number of fused-ring (bicyclic) bond motifs is 3. The fourth-order valence-corrected chi connectivity index (χ4v) is 6.35. The Morgan fingerprint density at radius 3 is 1.68 bits per heavy atom. The molecular formula is C37H31N3O. The van der Waals surface area contributed by atoms with E-state index in [-0.39, 0.29) is 0 Å². The van der Waals surface area contributed by atoms with Crippen molar-refractivity contribution in [2.24, 2.45) is 7.05 Å². The Morgan fingerprint density at radius 2 is 1.10 bits per heavy atom. The van der Waals surface area contributed by atoms with Crippen LogP contribution in [0.1, 0.15) is 34.9 Å². The van der Waals surface area contributed by atoms with Gasteiger partial charge in [0.2, 0.25) is 0 Å². The Morgan fingerprint density at radius 1 is 0.585 bits per heavy atom. The molecule has 1 N–H and O–H groups in total. The van der Waals surface area contributed by atoms with Gasteiger partial charge in [-0.1, -0.05) is 121 Å². The van der Waals surface area contributed by atoms with Crippen LogP contribution in [0.4, 0.5) is 0 Å². The molecule has 2 heterocycles. The summed E-state index contributed by atoms with van der Waals surface area (Å²) in [4.78, 5) is 4.86. The molecule has 1 atom stereocenters. The van der Waals surface area contributed by atoms with Gasteiger partial charge in [-0.05, 0) is 41.3 Å². The molecule has 41 heavy (non-hydrogen) atoms. The van der Waals surface area contributed by atoms with Crippen LogP contribution in [0.15, 0.2) is 146 Å². The number of para-hydroxylation sites is 1. The van der Waals surface area contributed by atoms with Crippen LogP contribution >= 0.6 is 0 Å². The van der Waals surface area contributed by atoms with Crippen molar-refractivity contribution in [3.63, 3.8) is 0 Å². The van der Waals surface area contributed by atoms with E-state index in [1.807, 2.05) is 43.7 Å². The molecule has 2 aromatic heterocycles. The maximum absolute atomic E-state index is 12.1.